The molecule has 0 bridgehead atoms. The Hall–Kier alpha value is -1.88. The van der Waals surface area contributed by atoms with E-state index in [4.69, 9.17) is 5.73 Å². The average Bonchev–Trinajstić information content (AvgIpc) is 2.56. The van der Waals surface area contributed by atoms with E-state index in [0.29, 0.717) is 11.9 Å². The summed E-state index contributed by atoms with van der Waals surface area (Å²) in [6.07, 6.45) is 1.52. The van der Waals surface area contributed by atoms with E-state index in [0.717, 1.165) is 11.1 Å². The van der Waals surface area contributed by atoms with Crippen molar-refractivity contribution in [2.24, 2.45) is 12.8 Å². The molecule has 0 saturated carbocycles. The van der Waals surface area contributed by atoms with Crippen molar-refractivity contribution >= 4 is 16.6 Å². The fraction of sp³-hybridized carbons (Fsp3) is 0.200. The SMILES string of the molecule is Cn1cc([N+](=O)[O-])c2cc(CN)ccc21. The monoisotopic (exact) mass is 205 g/mol. The molecule has 78 valence electrons. The summed E-state index contributed by atoms with van der Waals surface area (Å²) in [5.74, 6) is 0. The molecule has 0 amide bonds. The van der Waals surface area contributed by atoms with Crippen molar-refractivity contribution in [3.8, 4) is 0 Å². The van der Waals surface area contributed by atoms with Gasteiger partial charge in [-0.05, 0) is 17.7 Å². The van der Waals surface area contributed by atoms with Crippen LogP contribution in [0.2, 0.25) is 0 Å². The number of nitrogens with two attached hydrogens (primary N) is 1. The normalized spacial score (nSPS) is 10.8. The van der Waals surface area contributed by atoms with Gasteiger partial charge < -0.3 is 10.3 Å². The van der Waals surface area contributed by atoms with Crippen LogP contribution >= 0.6 is 0 Å². The number of hydrogen-bond acceptors (Lipinski definition) is 3. The first kappa shape index (κ1) is 9.67. The number of aryl methyl sites for hydroxylation is 1. The number of hydrogen-bond donors (Lipinski definition) is 1. The third-order valence-electron chi connectivity index (χ3n) is 2.47. The topological polar surface area (TPSA) is 74.1 Å². The lowest BCUT2D eigenvalue weighted by atomic mass is 10.1. The molecule has 0 aliphatic carbocycles. The van der Waals surface area contributed by atoms with Crippen LogP contribution in [0.25, 0.3) is 10.9 Å². The van der Waals surface area contributed by atoms with Crippen molar-refractivity contribution < 1.29 is 4.92 Å². The molecule has 0 fully saturated rings. The maximum absolute atomic E-state index is 10.8. The summed E-state index contributed by atoms with van der Waals surface area (Å²) in [6.45, 7) is 0.391. The molecule has 5 nitrogen and oxygen atoms in total. The van der Waals surface area contributed by atoms with E-state index in [1.807, 2.05) is 12.1 Å². The third-order valence-corrected chi connectivity index (χ3v) is 2.47. The highest BCUT2D eigenvalue weighted by Crippen LogP contribution is 2.27. The fourth-order valence-corrected chi connectivity index (χ4v) is 1.69. The molecule has 0 saturated heterocycles. The molecule has 1 aromatic heterocycles. The van der Waals surface area contributed by atoms with E-state index in [2.05, 4.69) is 0 Å². The van der Waals surface area contributed by atoms with Crippen molar-refractivity contribution in [3.05, 3.63) is 40.1 Å². The van der Waals surface area contributed by atoms with Crippen LogP contribution in [0.1, 0.15) is 5.56 Å². The minimum atomic E-state index is -0.372. The van der Waals surface area contributed by atoms with Crippen LogP contribution in [0, 0.1) is 10.1 Å². The summed E-state index contributed by atoms with van der Waals surface area (Å²) in [5, 5.41) is 11.4. The van der Waals surface area contributed by atoms with Gasteiger partial charge in [-0.25, -0.2) is 0 Å². The Morgan fingerprint density at radius 1 is 1.53 bits per heavy atom. The zero-order valence-electron chi connectivity index (χ0n) is 8.30. The highest BCUT2D eigenvalue weighted by atomic mass is 16.6. The molecule has 0 unspecified atom stereocenters. The van der Waals surface area contributed by atoms with Gasteiger partial charge in [-0.3, -0.25) is 10.1 Å². The van der Waals surface area contributed by atoms with Crippen LogP contribution in [0.3, 0.4) is 0 Å². The Balaban J connectivity index is 2.77. The first-order chi connectivity index (χ1) is 7.13. The molecule has 0 aliphatic rings. The highest BCUT2D eigenvalue weighted by molar-refractivity contribution is 5.90. The summed E-state index contributed by atoms with van der Waals surface area (Å²) in [5.41, 5.74) is 7.37. The van der Waals surface area contributed by atoms with Crippen LogP contribution < -0.4 is 5.73 Å². The molecule has 0 atom stereocenters. The Bertz CT molecular complexity index is 531. The molecule has 1 heterocycles. The average molecular weight is 205 g/mol. The molecule has 0 spiro atoms. The van der Waals surface area contributed by atoms with E-state index in [9.17, 15) is 10.1 Å². The van der Waals surface area contributed by atoms with Crippen molar-refractivity contribution in [1.29, 1.82) is 0 Å². The Morgan fingerprint density at radius 3 is 2.87 bits per heavy atom. The molecule has 2 rings (SSSR count). The van der Waals surface area contributed by atoms with Gasteiger partial charge in [-0.1, -0.05) is 6.07 Å². The van der Waals surface area contributed by atoms with Crippen LogP contribution in [-0.2, 0) is 13.6 Å². The van der Waals surface area contributed by atoms with Crippen molar-refractivity contribution in [3.63, 3.8) is 0 Å². The van der Waals surface area contributed by atoms with Crippen LogP contribution in [0.5, 0.6) is 0 Å². The summed E-state index contributed by atoms with van der Waals surface area (Å²) < 4.78 is 1.74. The third kappa shape index (κ3) is 1.46. The first-order valence-electron chi connectivity index (χ1n) is 4.56. The van der Waals surface area contributed by atoms with Gasteiger partial charge in [0.25, 0.3) is 5.69 Å². The number of nitro groups is 1. The van der Waals surface area contributed by atoms with E-state index in [1.54, 1.807) is 17.7 Å². The van der Waals surface area contributed by atoms with Gasteiger partial charge in [0.05, 0.1) is 22.0 Å². The minimum Gasteiger partial charge on any atom is -0.344 e. The number of aromatic nitrogens is 1. The molecule has 1 aromatic carbocycles. The van der Waals surface area contributed by atoms with E-state index < -0.39 is 0 Å². The smallest absolute Gasteiger partial charge is 0.294 e. The molecule has 2 aromatic rings. The summed E-state index contributed by atoms with van der Waals surface area (Å²) in [7, 11) is 1.79. The molecule has 5 heteroatoms. The van der Waals surface area contributed by atoms with E-state index in [-0.39, 0.29) is 10.6 Å². The first-order valence-corrected chi connectivity index (χ1v) is 4.56. The molecular formula is C10H11N3O2. The maximum atomic E-state index is 10.8. The van der Waals surface area contributed by atoms with Crippen molar-refractivity contribution in [2.75, 3.05) is 0 Å². The second kappa shape index (κ2) is 3.36. The largest absolute Gasteiger partial charge is 0.344 e. The van der Waals surface area contributed by atoms with Gasteiger partial charge in [0, 0.05) is 13.6 Å². The predicted octanol–water partition coefficient (Wildman–Crippen LogP) is 1.55. The Kier molecular flexibility index (Phi) is 2.17. The van der Waals surface area contributed by atoms with Gasteiger partial charge in [0.1, 0.15) is 0 Å². The van der Waals surface area contributed by atoms with Gasteiger partial charge in [-0.2, -0.15) is 0 Å². The van der Waals surface area contributed by atoms with Crippen LogP contribution in [0.15, 0.2) is 24.4 Å². The molecule has 0 aliphatic heterocycles. The van der Waals surface area contributed by atoms with Crippen LogP contribution in [-0.4, -0.2) is 9.49 Å². The lowest BCUT2D eigenvalue weighted by molar-refractivity contribution is -0.383. The minimum absolute atomic E-state index is 0.128. The van der Waals surface area contributed by atoms with Gasteiger partial charge >= 0.3 is 0 Å². The Morgan fingerprint density at radius 2 is 2.27 bits per heavy atom. The zero-order valence-corrected chi connectivity index (χ0v) is 8.30. The van der Waals surface area contributed by atoms with E-state index in [1.165, 1.54) is 6.20 Å². The zero-order chi connectivity index (χ0) is 11.0. The predicted molar refractivity (Wildman–Crippen MR) is 57.5 cm³/mol. The quantitative estimate of drug-likeness (QED) is 0.597. The number of rotatable bonds is 2. The Labute approximate surface area is 86.3 Å². The summed E-state index contributed by atoms with van der Waals surface area (Å²) in [4.78, 5) is 10.4. The lowest BCUT2D eigenvalue weighted by Crippen LogP contribution is -1.95. The molecule has 2 N–H and O–H groups in total. The number of fused-ring (bicyclic) bond motifs is 1. The molecule has 15 heavy (non-hydrogen) atoms. The second-order valence-electron chi connectivity index (χ2n) is 3.44. The van der Waals surface area contributed by atoms with Gasteiger partial charge in [0.15, 0.2) is 0 Å². The standard InChI is InChI=1S/C10H11N3O2/c1-12-6-10(13(14)15)8-4-7(5-11)2-3-9(8)12/h2-4,6H,5,11H2,1H3. The van der Waals surface area contributed by atoms with Crippen molar-refractivity contribution in [2.45, 2.75) is 6.54 Å². The summed E-state index contributed by atoms with van der Waals surface area (Å²) in [6, 6.07) is 5.50. The van der Waals surface area contributed by atoms with Crippen LogP contribution in [0.4, 0.5) is 5.69 Å². The second-order valence-corrected chi connectivity index (χ2v) is 3.44. The molecule has 0 radical (unpaired) electrons. The fourth-order valence-electron chi connectivity index (χ4n) is 1.69. The number of nitrogens with zero attached hydrogens (tertiary/aromatic N) is 2. The molecular weight excluding hydrogens is 194 g/mol. The van der Waals surface area contributed by atoms with Gasteiger partial charge in [-0.15, -0.1) is 0 Å². The maximum Gasteiger partial charge on any atom is 0.294 e. The lowest BCUT2D eigenvalue weighted by Gasteiger charge is -1.97. The number of benzene rings is 1. The van der Waals surface area contributed by atoms with Gasteiger partial charge in [0.2, 0.25) is 0 Å². The summed E-state index contributed by atoms with van der Waals surface area (Å²) >= 11 is 0. The van der Waals surface area contributed by atoms with E-state index >= 15 is 0 Å². The highest BCUT2D eigenvalue weighted by Gasteiger charge is 2.15. The van der Waals surface area contributed by atoms with Crippen molar-refractivity contribution in [1.82, 2.24) is 4.57 Å².